The normalized spacial score (nSPS) is 11.6. The highest BCUT2D eigenvalue weighted by molar-refractivity contribution is 6.14. The van der Waals surface area contributed by atoms with E-state index in [1.54, 1.807) is 0 Å². The molecule has 0 unspecified atom stereocenters. The molecule has 0 aliphatic heterocycles. The van der Waals surface area contributed by atoms with Crippen molar-refractivity contribution in [2.45, 2.75) is 0 Å². The zero-order valence-corrected chi connectivity index (χ0v) is 30.1. The number of fused-ring (bicyclic) bond motifs is 6. The molecule has 262 valence electrons. The van der Waals surface area contributed by atoms with Crippen LogP contribution in [0.3, 0.4) is 0 Å². The maximum absolute atomic E-state index is 6.82. The Morgan fingerprint density at radius 1 is 0.268 bits per heavy atom. The first-order chi connectivity index (χ1) is 27.7. The van der Waals surface area contributed by atoms with Crippen LogP contribution in [0.5, 0.6) is 0 Å². The van der Waals surface area contributed by atoms with Crippen LogP contribution >= 0.6 is 0 Å². The first-order valence-electron chi connectivity index (χ1n) is 18.7. The third kappa shape index (κ3) is 5.45. The zero-order chi connectivity index (χ0) is 37.0. The summed E-state index contributed by atoms with van der Waals surface area (Å²) in [5.74, 6) is 1.80. The van der Waals surface area contributed by atoms with Crippen LogP contribution in [0.1, 0.15) is 0 Å². The maximum Gasteiger partial charge on any atom is 0.164 e. The van der Waals surface area contributed by atoms with Gasteiger partial charge in [-0.25, -0.2) is 15.0 Å². The van der Waals surface area contributed by atoms with Gasteiger partial charge in [-0.3, -0.25) is 0 Å². The summed E-state index contributed by atoms with van der Waals surface area (Å²) in [4.78, 5) is 15.0. The second-order valence-corrected chi connectivity index (χ2v) is 14.0. The zero-order valence-electron chi connectivity index (χ0n) is 30.1. The molecule has 3 aromatic heterocycles. The number of benzene rings is 8. The molecule has 3 heterocycles. The molecule has 56 heavy (non-hydrogen) atoms. The predicted molar refractivity (Wildman–Crippen MR) is 227 cm³/mol. The molecule has 5 heteroatoms. The number of rotatable bonds is 6. The smallest absolute Gasteiger partial charge is 0.164 e. The fourth-order valence-electron chi connectivity index (χ4n) is 7.77. The molecule has 5 nitrogen and oxygen atoms in total. The van der Waals surface area contributed by atoms with E-state index in [1.165, 1.54) is 0 Å². The molecule has 0 bridgehead atoms. The molecule has 0 aliphatic rings. The van der Waals surface area contributed by atoms with Gasteiger partial charge in [-0.2, -0.15) is 0 Å². The second-order valence-electron chi connectivity index (χ2n) is 14.0. The summed E-state index contributed by atoms with van der Waals surface area (Å²) < 4.78 is 13.3. The van der Waals surface area contributed by atoms with Crippen molar-refractivity contribution in [2.75, 3.05) is 0 Å². The molecular formula is C51H31N3O2. The van der Waals surface area contributed by atoms with Gasteiger partial charge in [-0.15, -0.1) is 0 Å². The minimum Gasteiger partial charge on any atom is -0.455 e. The minimum absolute atomic E-state index is 0.577. The molecule has 0 amide bonds. The number of nitrogens with zero attached hydrogens (tertiary/aromatic N) is 3. The number of furan rings is 2. The van der Waals surface area contributed by atoms with Crippen LogP contribution in [-0.2, 0) is 0 Å². The molecule has 0 spiro atoms. The molecule has 0 saturated heterocycles. The van der Waals surface area contributed by atoms with Crippen LogP contribution in [-0.4, -0.2) is 15.0 Å². The van der Waals surface area contributed by atoms with Crippen LogP contribution in [0.4, 0.5) is 0 Å². The van der Waals surface area contributed by atoms with Gasteiger partial charge < -0.3 is 8.83 Å². The second kappa shape index (κ2) is 13.0. The average molecular weight is 718 g/mol. The Balaban J connectivity index is 1.05. The summed E-state index contributed by atoms with van der Waals surface area (Å²) in [5, 5.41) is 4.23. The molecule has 0 aliphatic carbocycles. The van der Waals surface area contributed by atoms with Gasteiger partial charge in [0.05, 0.1) is 0 Å². The van der Waals surface area contributed by atoms with Gasteiger partial charge in [0.1, 0.15) is 22.3 Å². The molecule has 0 radical (unpaired) electrons. The summed E-state index contributed by atoms with van der Waals surface area (Å²) in [6.07, 6.45) is 0. The van der Waals surface area contributed by atoms with Crippen molar-refractivity contribution in [1.82, 2.24) is 15.0 Å². The van der Waals surface area contributed by atoms with E-state index in [1.807, 2.05) is 60.7 Å². The van der Waals surface area contributed by atoms with E-state index >= 15 is 0 Å². The summed E-state index contributed by atoms with van der Waals surface area (Å²) in [7, 11) is 0. The quantitative estimate of drug-likeness (QED) is 0.171. The molecule has 8 aromatic carbocycles. The highest BCUT2D eigenvalue weighted by Gasteiger charge is 2.19. The van der Waals surface area contributed by atoms with Crippen molar-refractivity contribution in [3.8, 4) is 67.5 Å². The van der Waals surface area contributed by atoms with Gasteiger partial charge in [0, 0.05) is 49.4 Å². The number of hydrogen-bond donors (Lipinski definition) is 0. The maximum atomic E-state index is 6.82. The summed E-state index contributed by atoms with van der Waals surface area (Å²) in [6.45, 7) is 0. The summed E-state index contributed by atoms with van der Waals surface area (Å²) >= 11 is 0. The number of hydrogen-bond acceptors (Lipinski definition) is 5. The predicted octanol–water partition coefficient (Wildman–Crippen LogP) is 13.7. The van der Waals surface area contributed by atoms with Crippen molar-refractivity contribution in [3.63, 3.8) is 0 Å². The highest BCUT2D eigenvalue weighted by atomic mass is 16.3. The topological polar surface area (TPSA) is 65.0 Å². The lowest BCUT2D eigenvalue weighted by atomic mass is 9.95. The Morgan fingerprint density at radius 3 is 1.50 bits per heavy atom. The van der Waals surface area contributed by atoms with E-state index in [-0.39, 0.29) is 0 Å². The molecule has 11 rings (SSSR count). The lowest BCUT2D eigenvalue weighted by molar-refractivity contribution is 0.669. The third-order valence-electron chi connectivity index (χ3n) is 10.5. The molecule has 0 fully saturated rings. The molecule has 11 aromatic rings. The van der Waals surface area contributed by atoms with Gasteiger partial charge in [0.25, 0.3) is 0 Å². The minimum atomic E-state index is 0.577. The SMILES string of the molecule is c1ccc(-c2ccc(-c3nc(-c4ccccc4)nc(-c4ccc5c(c4)oc4c(-c6cc(-c7ccccc7)c7oc8ccccc8c7c6)cccc45)n3)cc2)cc1. The highest BCUT2D eigenvalue weighted by Crippen LogP contribution is 2.43. The van der Waals surface area contributed by atoms with Gasteiger partial charge in [-0.1, -0.05) is 158 Å². The van der Waals surface area contributed by atoms with E-state index in [2.05, 4.69) is 127 Å². The van der Waals surface area contributed by atoms with Gasteiger partial charge in [0.15, 0.2) is 17.5 Å². The first kappa shape index (κ1) is 31.9. The number of para-hydroxylation sites is 2. The Kier molecular flexibility index (Phi) is 7.42. The van der Waals surface area contributed by atoms with E-state index in [4.69, 9.17) is 23.8 Å². The Labute approximate surface area is 322 Å². The Morgan fingerprint density at radius 2 is 0.768 bits per heavy atom. The van der Waals surface area contributed by atoms with E-state index in [0.717, 1.165) is 93.9 Å². The van der Waals surface area contributed by atoms with Gasteiger partial charge in [-0.05, 0) is 52.6 Å². The summed E-state index contributed by atoms with van der Waals surface area (Å²) in [5.41, 5.74) is 12.5. The van der Waals surface area contributed by atoms with Crippen LogP contribution in [0.2, 0.25) is 0 Å². The summed E-state index contributed by atoms with van der Waals surface area (Å²) in [6, 6.07) is 64.5. The standard InChI is InChI=1S/C51H31N3O2/c1-4-13-32(14-5-1)33-23-25-36(26-24-33)50-52-49(35-17-8-3-9-18-35)53-51(54-50)37-27-28-41-42-21-12-20-39(47(42)56-46(41)31-37)38-29-43(34-15-6-2-7-16-34)48-44(30-38)40-19-10-11-22-45(40)55-48/h1-31H. The van der Waals surface area contributed by atoms with Crippen molar-refractivity contribution in [1.29, 1.82) is 0 Å². The van der Waals surface area contributed by atoms with Crippen LogP contribution in [0, 0.1) is 0 Å². The lowest BCUT2D eigenvalue weighted by Gasteiger charge is -2.09. The fourth-order valence-corrected chi connectivity index (χ4v) is 7.77. The lowest BCUT2D eigenvalue weighted by Crippen LogP contribution is -2.00. The first-order valence-corrected chi connectivity index (χ1v) is 18.7. The third-order valence-corrected chi connectivity index (χ3v) is 10.5. The van der Waals surface area contributed by atoms with Crippen LogP contribution in [0.15, 0.2) is 197 Å². The van der Waals surface area contributed by atoms with Gasteiger partial charge in [0.2, 0.25) is 0 Å². The molecule has 0 atom stereocenters. The van der Waals surface area contributed by atoms with Crippen LogP contribution in [0.25, 0.3) is 111 Å². The largest absolute Gasteiger partial charge is 0.455 e. The molecule has 0 N–H and O–H groups in total. The van der Waals surface area contributed by atoms with Crippen molar-refractivity contribution < 1.29 is 8.83 Å². The van der Waals surface area contributed by atoms with E-state index in [0.29, 0.717) is 17.5 Å². The fraction of sp³-hybridized carbons (Fsp3) is 0. The van der Waals surface area contributed by atoms with Crippen molar-refractivity contribution in [2.24, 2.45) is 0 Å². The van der Waals surface area contributed by atoms with E-state index < -0.39 is 0 Å². The molecular weight excluding hydrogens is 687 g/mol. The van der Waals surface area contributed by atoms with Crippen molar-refractivity contribution in [3.05, 3.63) is 188 Å². The Hall–Kier alpha value is -7.63. The monoisotopic (exact) mass is 717 g/mol. The van der Waals surface area contributed by atoms with Gasteiger partial charge >= 0.3 is 0 Å². The van der Waals surface area contributed by atoms with Crippen LogP contribution < -0.4 is 0 Å². The molecule has 0 saturated carbocycles. The van der Waals surface area contributed by atoms with E-state index in [9.17, 15) is 0 Å². The Bertz CT molecular complexity index is 3220. The number of aromatic nitrogens is 3. The average Bonchev–Trinajstić information content (AvgIpc) is 3.85. The van der Waals surface area contributed by atoms with Crippen molar-refractivity contribution >= 4 is 43.9 Å².